The minimum Gasteiger partial charge on any atom is -0.375 e. The van der Waals surface area contributed by atoms with Gasteiger partial charge in [-0.15, -0.1) is 11.3 Å². The lowest BCUT2D eigenvalue weighted by atomic mass is 10.2. The molecule has 0 aliphatic heterocycles. The van der Waals surface area contributed by atoms with Gasteiger partial charge in [0.05, 0.1) is 5.69 Å². The Labute approximate surface area is 110 Å². The van der Waals surface area contributed by atoms with Crippen molar-refractivity contribution in [2.24, 2.45) is 0 Å². The number of nitrogen functional groups attached to an aromatic ring is 1. The van der Waals surface area contributed by atoms with Crippen LogP contribution in [0.5, 0.6) is 0 Å². The zero-order valence-corrected chi connectivity index (χ0v) is 11.1. The van der Waals surface area contributed by atoms with Crippen molar-refractivity contribution in [1.29, 1.82) is 0 Å². The number of likely N-dealkylation sites (N-methyl/N-ethyl adjacent to an activating group) is 1. The first-order valence-corrected chi connectivity index (χ1v) is 6.77. The first kappa shape index (κ1) is 12.8. The first-order chi connectivity index (χ1) is 8.69. The molecule has 0 aliphatic carbocycles. The number of rotatable bonds is 5. The zero-order valence-electron chi connectivity index (χ0n) is 10.3. The van der Waals surface area contributed by atoms with E-state index in [9.17, 15) is 4.39 Å². The van der Waals surface area contributed by atoms with Gasteiger partial charge in [0.2, 0.25) is 0 Å². The first-order valence-electron chi connectivity index (χ1n) is 5.89. The van der Waals surface area contributed by atoms with Crippen LogP contribution in [0.4, 0.5) is 15.2 Å². The molecule has 2 N–H and O–H groups in total. The van der Waals surface area contributed by atoms with Gasteiger partial charge in [0.1, 0.15) is 5.82 Å². The summed E-state index contributed by atoms with van der Waals surface area (Å²) >= 11 is 1.46. The van der Waals surface area contributed by atoms with Crippen LogP contribution in [0.15, 0.2) is 29.6 Å². The van der Waals surface area contributed by atoms with Gasteiger partial charge in [0, 0.05) is 30.6 Å². The van der Waals surface area contributed by atoms with Gasteiger partial charge in [0.25, 0.3) is 0 Å². The summed E-state index contributed by atoms with van der Waals surface area (Å²) in [6.07, 6.45) is 0.846. The fourth-order valence-electron chi connectivity index (χ4n) is 1.81. The van der Waals surface area contributed by atoms with E-state index in [1.54, 1.807) is 12.1 Å². The average Bonchev–Trinajstić information content (AvgIpc) is 2.78. The van der Waals surface area contributed by atoms with Crippen LogP contribution in [0, 0.1) is 5.82 Å². The molecule has 18 heavy (non-hydrogen) atoms. The summed E-state index contributed by atoms with van der Waals surface area (Å²) in [5.74, 6) is -0.206. The van der Waals surface area contributed by atoms with Gasteiger partial charge in [-0.25, -0.2) is 9.37 Å². The normalized spacial score (nSPS) is 10.6. The Morgan fingerprint density at radius 3 is 2.61 bits per heavy atom. The second kappa shape index (κ2) is 5.82. The molecule has 5 heteroatoms. The standard InChI is InChI=1S/C13H16FN3S/c1-2-17(12-5-3-10(14)4-6-12)8-7-11-9-18-13(15)16-11/h3-6,9H,2,7-8H2,1H3,(H2,15,16). The lowest BCUT2D eigenvalue weighted by molar-refractivity contribution is 0.627. The van der Waals surface area contributed by atoms with Gasteiger partial charge in [-0.05, 0) is 31.2 Å². The second-order valence-corrected chi connectivity index (χ2v) is 4.87. The molecule has 0 saturated carbocycles. The fraction of sp³-hybridized carbons (Fsp3) is 0.308. The lowest BCUT2D eigenvalue weighted by Gasteiger charge is -2.22. The van der Waals surface area contributed by atoms with E-state index in [0.29, 0.717) is 5.13 Å². The maximum Gasteiger partial charge on any atom is 0.180 e. The maximum atomic E-state index is 12.9. The molecule has 96 valence electrons. The van der Waals surface area contributed by atoms with Gasteiger partial charge < -0.3 is 10.6 Å². The smallest absolute Gasteiger partial charge is 0.180 e. The zero-order chi connectivity index (χ0) is 13.0. The summed E-state index contributed by atoms with van der Waals surface area (Å²) in [5, 5.41) is 2.59. The molecule has 1 aromatic heterocycles. The van der Waals surface area contributed by atoms with Gasteiger partial charge in [0.15, 0.2) is 5.13 Å². The van der Waals surface area contributed by atoms with Gasteiger partial charge in [-0.3, -0.25) is 0 Å². The molecule has 3 nitrogen and oxygen atoms in total. The van der Waals surface area contributed by atoms with Crippen molar-refractivity contribution >= 4 is 22.2 Å². The van der Waals surface area contributed by atoms with E-state index in [1.165, 1.54) is 23.5 Å². The van der Waals surface area contributed by atoms with Crippen molar-refractivity contribution in [1.82, 2.24) is 4.98 Å². The Hall–Kier alpha value is -1.62. The van der Waals surface area contributed by atoms with Crippen molar-refractivity contribution in [3.8, 4) is 0 Å². The largest absolute Gasteiger partial charge is 0.375 e. The number of anilines is 2. The van der Waals surface area contributed by atoms with Crippen molar-refractivity contribution in [2.75, 3.05) is 23.7 Å². The molecular weight excluding hydrogens is 249 g/mol. The van der Waals surface area contributed by atoms with Crippen LogP contribution in [0.3, 0.4) is 0 Å². The Kier molecular flexibility index (Phi) is 4.15. The number of halogens is 1. The molecule has 0 radical (unpaired) electrons. The summed E-state index contributed by atoms with van der Waals surface area (Å²) in [4.78, 5) is 6.42. The summed E-state index contributed by atoms with van der Waals surface area (Å²) in [6.45, 7) is 3.81. The predicted octanol–water partition coefficient (Wildman–Crippen LogP) is 2.93. The van der Waals surface area contributed by atoms with Crippen LogP contribution in [-0.2, 0) is 6.42 Å². The molecule has 0 fully saturated rings. The number of thiazole rings is 1. The van der Waals surface area contributed by atoms with E-state index in [4.69, 9.17) is 5.73 Å². The summed E-state index contributed by atoms with van der Waals surface area (Å²) in [5.41, 5.74) is 7.64. The lowest BCUT2D eigenvalue weighted by Crippen LogP contribution is -2.25. The van der Waals surface area contributed by atoms with E-state index in [1.807, 2.05) is 5.38 Å². The highest BCUT2D eigenvalue weighted by molar-refractivity contribution is 7.13. The van der Waals surface area contributed by atoms with Crippen LogP contribution in [0.25, 0.3) is 0 Å². The van der Waals surface area contributed by atoms with Gasteiger partial charge in [-0.1, -0.05) is 0 Å². The summed E-state index contributed by atoms with van der Waals surface area (Å²) < 4.78 is 12.9. The predicted molar refractivity (Wildman–Crippen MR) is 74.5 cm³/mol. The second-order valence-electron chi connectivity index (χ2n) is 3.98. The van der Waals surface area contributed by atoms with Crippen LogP contribution in [0.1, 0.15) is 12.6 Å². The monoisotopic (exact) mass is 265 g/mol. The Balaban J connectivity index is 1.99. The molecule has 0 unspecified atom stereocenters. The molecule has 0 amide bonds. The van der Waals surface area contributed by atoms with Crippen molar-refractivity contribution in [3.63, 3.8) is 0 Å². The van der Waals surface area contributed by atoms with Crippen LogP contribution in [-0.4, -0.2) is 18.1 Å². The number of benzene rings is 1. The molecule has 0 spiro atoms. The van der Waals surface area contributed by atoms with Crippen LogP contribution < -0.4 is 10.6 Å². The molecule has 0 atom stereocenters. The molecule has 0 bridgehead atoms. The number of aromatic nitrogens is 1. The van der Waals surface area contributed by atoms with Crippen molar-refractivity contribution in [2.45, 2.75) is 13.3 Å². The quantitative estimate of drug-likeness (QED) is 0.903. The SMILES string of the molecule is CCN(CCc1csc(N)n1)c1ccc(F)cc1. The number of hydrogen-bond donors (Lipinski definition) is 1. The third kappa shape index (κ3) is 3.20. The topological polar surface area (TPSA) is 42.1 Å². The van der Waals surface area contributed by atoms with Crippen molar-refractivity contribution in [3.05, 3.63) is 41.2 Å². The molecule has 2 rings (SSSR count). The minimum atomic E-state index is -0.206. The Bertz CT molecular complexity index is 495. The van der Waals surface area contributed by atoms with E-state index >= 15 is 0 Å². The minimum absolute atomic E-state index is 0.206. The summed E-state index contributed by atoms with van der Waals surface area (Å²) in [6, 6.07) is 6.57. The fourth-order valence-corrected chi connectivity index (χ4v) is 2.41. The third-order valence-electron chi connectivity index (χ3n) is 2.78. The van der Waals surface area contributed by atoms with Crippen molar-refractivity contribution < 1.29 is 4.39 Å². The van der Waals surface area contributed by atoms with Crippen LogP contribution in [0.2, 0.25) is 0 Å². The molecular formula is C13H16FN3S. The van der Waals surface area contributed by atoms with E-state index in [2.05, 4.69) is 16.8 Å². The highest BCUT2D eigenvalue weighted by Gasteiger charge is 2.06. The highest BCUT2D eigenvalue weighted by Crippen LogP contribution is 2.16. The molecule has 1 aromatic carbocycles. The van der Waals surface area contributed by atoms with Crippen LogP contribution >= 0.6 is 11.3 Å². The third-order valence-corrected chi connectivity index (χ3v) is 3.50. The number of nitrogens with zero attached hydrogens (tertiary/aromatic N) is 2. The molecule has 1 heterocycles. The number of hydrogen-bond acceptors (Lipinski definition) is 4. The van der Waals surface area contributed by atoms with E-state index < -0.39 is 0 Å². The van der Waals surface area contributed by atoms with Gasteiger partial charge in [-0.2, -0.15) is 0 Å². The maximum absolute atomic E-state index is 12.9. The average molecular weight is 265 g/mol. The molecule has 0 aliphatic rings. The van der Waals surface area contributed by atoms with E-state index in [0.717, 1.165) is 30.9 Å². The summed E-state index contributed by atoms with van der Waals surface area (Å²) in [7, 11) is 0. The van der Waals surface area contributed by atoms with Gasteiger partial charge >= 0.3 is 0 Å². The number of nitrogens with two attached hydrogens (primary N) is 1. The Morgan fingerprint density at radius 2 is 2.06 bits per heavy atom. The Morgan fingerprint density at radius 1 is 1.33 bits per heavy atom. The molecule has 0 saturated heterocycles. The van der Waals surface area contributed by atoms with E-state index in [-0.39, 0.29) is 5.82 Å². The molecule has 2 aromatic rings. The highest BCUT2D eigenvalue weighted by atomic mass is 32.1.